The largest absolute Gasteiger partial charge is 0.385 e. The third-order valence-electron chi connectivity index (χ3n) is 3.50. The van der Waals surface area contributed by atoms with Crippen LogP contribution in [0, 0.1) is 12.8 Å². The number of benzene rings is 1. The highest BCUT2D eigenvalue weighted by Crippen LogP contribution is 2.16. The Morgan fingerprint density at radius 3 is 2.79 bits per heavy atom. The minimum atomic E-state index is 0.735. The fourth-order valence-corrected chi connectivity index (χ4v) is 2.48. The quantitative estimate of drug-likeness (QED) is 0.651. The smallest absolute Gasteiger partial charge is 0.0462 e. The molecular formula is C17H29NO. The normalized spacial score (nSPS) is 12.6. The molecule has 0 aliphatic carbocycles. The first-order chi connectivity index (χ1) is 9.26. The molecule has 0 aliphatic rings. The van der Waals surface area contributed by atoms with Crippen molar-refractivity contribution < 1.29 is 4.74 Å². The van der Waals surface area contributed by atoms with Crippen LogP contribution >= 0.6 is 0 Å². The number of methoxy groups -OCH3 is 1. The van der Waals surface area contributed by atoms with Gasteiger partial charge in [0.1, 0.15) is 0 Å². The Morgan fingerprint density at radius 2 is 2.11 bits per heavy atom. The van der Waals surface area contributed by atoms with Gasteiger partial charge in [0, 0.05) is 13.7 Å². The van der Waals surface area contributed by atoms with Gasteiger partial charge in [0.2, 0.25) is 0 Å². The van der Waals surface area contributed by atoms with Crippen molar-refractivity contribution in [2.45, 2.75) is 39.5 Å². The van der Waals surface area contributed by atoms with Gasteiger partial charge in [-0.25, -0.2) is 0 Å². The lowest BCUT2D eigenvalue weighted by molar-refractivity contribution is 0.190. The summed E-state index contributed by atoms with van der Waals surface area (Å²) in [6.45, 7) is 7.41. The summed E-state index contributed by atoms with van der Waals surface area (Å²) in [5.41, 5.74) is 2.83. The van der Waals surface area contributed by atoms with Gasteiger partial charge in [-0.3, -0.25) is 0 Å². The van der Waals surface area contributed by atoms with Crippen LogP contribution in [0.3, 0.4) is 0 Å². The first-order valence-corrected chi connectivity index (χ1v) is 7.51. The lowest BCUT2D eigenvalue weighted by Gasteiger charge is -2.17. The average molecular weight is 263 g/mol. The molecule has 0 saturated carbocycles. The van der Waals surface area contributed by atoms with Crippen molar-refractivity contribution in [3.05, 3.63) is 35.4 Å². The van der Waals surface area contributed by atoms with Crippen molar-refractivity contribution in [2.24, 2.45) is 5.92 Å². The number of aryl methyl sites for hydroxylation is 1. The molecule has 0 aliphatic heterocycles. The van der Waals surface area contributed by atoms with Gasteiger partial charge in [0.15, 0.2) is 0 Å². The van der Waals surface area contributed by atoms with E-state index in [1.54, 1.807) is 7.11 Å². The predicted octanol–water partition coefficient (Wildman–Crippen LogP) is 3.58. The molecule has 19 heavy (non-hydrogen) atoms. The summed E-state index contributed by atoms with van der Waals surface area (Å²) in [6, 6.07) is 8.90. The summed E-state index contributed by atoms with van der Waals surface area (Å²) < 4.78 is 5.12. The zero-order valence-electron chi connectivity index (χ0n) is 12.7. The number of rotatable bonds is 10. The van der Waals surface area contributed by atoms with E-state index in [-0.39, 0.29) is 0 Å². The molecule has 0 bridgehead atoms. The van der Waals surface area contributed by atoms with Crippen molar-refractivity contribution in [3.63, 3.8) is 0 Å². The number of hydrogen-bond acceptors (Lipinski definition) is 2. The van der Waals surface area contributed by atoms with Crippen molar-refractivity contribution in [2.75, 3.05) is 26.8 Å². The highest BCUT2D eigenvalue weighted by atomic mass is 16.5. The van der Waals surface area contributed by atoms with E-state index in [9.17, 15) is 0 Å². The summed E-state index contributed by atoms with van der Waals surface area (Å²) >= 11 is 0. The standard InChI is InChI=1S/C17H29NO/c1-4-18-14-17(9-5-6-11-19-3)13-16-10-7-8-15(2)12-16/h7-8,10,12,17-18H,4-6,9,11,13-14H2,1-3H3. The van der Waals surface area contributed by atoms with Crippen LogP contribution in [-0.4, -0.2) is 26.8 Å². The van der Waals surface area contributed by atoms with Crippen molar-refractivity contribution in [1.29, 1.82) is 0 Å². The first-order valence-electron chi connectivity index (χ1n) is 7.51. The van der Waals surface area contributed by atoms with Crippen LogP contribution in [0.2, 0.25) is 0 Å². The van der Waals surface area contributed by atoms with E-state index in [2.05, 4.69) is 43.4 Å². The van der Waals surface area contributed by atoms with Crippen LogP contribution in [-0.2, 0) is 11.2 Å². The minimum Gasteiger partial charge on any atom is -0.385 e. The molecular weight excluding hydrogens is 234 g/mol. The molecule has 0 aromatic heterocycles. The minimum absolute atomic E-state index is 0.735. The third-order valence-corrected chi connectivity index (χ3v) is 3.50. The lowest BCUT2D eigenvalue weighted by Crippen LogP contribution is -2.24. The molecule has 1 aromatic carbocycles. The van der Waals surface area contributed by atoms with Crippen LogP contribution in [0.25, 0.3) is 0 Å². The van der Waals surface area contributed by atoms with Gasteiger partial charge in [0.25, 0.3) is 0 Å². The Balaban J connectivity index is 2.43. The maximum Gasteiger partial charge on any atom is 0.0462 e. The zero-order chi connectivity index (χ0) is 13.9. The van der Waals surface area contributed by atoms with Crippen LogP contribution in [0.1, 0.15) is 37.3 Å². The molecule has 1 atom stereocenters. The zero-order valence-corrected chi connectivity index (χ0v) is 12.7. The predicted molar refractivity (Wildman–Crippen MR) is 82.6 cm³/mol. The highest BCUT2D eigenvalue weighted by molar-refractivity contribution is 5.22. The fourth-order valence-electron chi connectivity index (χ4n) is 2.48. The summed E-state index contributed by atoms with van der Waals surface area (Å²) in [7, 11) is 1.78. The van der Waals surface area contributed by atoms with E-state index in [0.717, 1.165) is 25.6 Å². The molecule has 0 spiro atoms. The monoisotopic (exact) mass is 263 g/mol. The van der Waals surface area contributed by atoms with E-state index in [0.29, 0.717) is 0 Å². The first kappa shape index (κ1) is 16.2. The Bertz CT molecular complexity index is 338. The number of nitrogens with one attached hydrogen (secondary N) is 1. The van der Waals surface area contributed by atoms with E-state index in [1.165, 1.54) is 36.8 Å². The van der Waals surface area contributed by atoms with Crippen molar-refractivity contribution >= 4 is 0 Å². The van der Waals surface area contributed by atoms with Crippen molar-refractivity contribution in [3.8, 4) is 0 Å². The van der Waals surface area contributed by atoms with Crippen LogP contribution < -0.4 is 5.32 Å². The molecule has 1 rings (SSSR count). The van der Waals surface area contributed by atoms with Gasteiger partial charge in [-0.1, -0.05) is 43.2 Å². The van der Waals surface area contributed by atoms with Crippen molar-refractivity contribution in [1.82, 2.24) is 5.32 Å². The number of unbranched alkanes of at least 4 members (excludes halogenated alkanes) is 1. The topological polar surface area (TPSA) is 21.3 Å². The number of ether oxygens (including phenoxy) is 1. The molecule has 0 saturated heterocycles. The van der Waals surface area contributed by atoms with Crippen LogP contribution in [0.15, 0.2) is 24.3 Å². The molecule has 0 amide bonds. The Labute approximate surface area is 118 Å². The molecule has 0 heterocycles. The summed E-state index contributed by atoms with van der Waals surface area (Å²) in [5, 5.41) is 3.49. The van der Waals surface area contributed by atoms with Gasteiger partial charge in [0.05, 0.1) is 0 Å². The molecule has 2 heteroatoms. The molecule has 108 valence electrons. The Morgan fingerprint density at radius 1 is 1.26 bits per heavy atom. The molecule has 1 unspecified atom stereocenters. The van der Waals surface area contributed by atoms with Gasteiger partial charge in [-0.2, -0.15) is 0 Å². The Hall–Kier alpha value is -0.860. The van der Waals surface area contributed by atoms with Gasteiger partial charge in [-0.05, 0) is 50.8 Å². The second kappa shape index (κ2) is 9.99. The van der Waals surface area contributed by atoms with Crippen LogP contribution in [0.5, 0.6) is 0 Å². The van der Waals surface area contributed by atoms with E-state index >= 15 is 0 Å². The SMILES string of the molecule is CCNCC(CCCCOC)Cc1cccc(C)c1. The maximum atomic E-state index is 5.12. The maximum absolute atomic E-state index is 5.12. The summed E-state index contributed by atoms with van der Waals surface area (Å²) in [4.78, 5) is 0. The third kappa shape index (κ3) is 7.34. The lowest BCUT2D eigenvalue weighted by atomic mass is 9.93. The van der Waals surface area contributed by atoms with Gasteiger partial charge < -0.3 is 10.1 Å². The average Bonchev–Trinajstić information content (AvgIpc) is 2.40. The second-order valence-corrected chi connectivity index (χ2v) is 5.36. The van der Waals surface area contributed by atoms with Gasteiger partial charge in [-0.15, -0.1) is 0 Å². The summed E-state index contributed by atoms with van der Waals surface area (Å²) in [5.74, 6) is 0.735. The molecule has 0 radical (unpaired) electrons. The van der Waals surface area contributed by atoms with Gasteiger partial charge >= 0.3 is 0 Å². The highest BCUT2D eigenvalue weighted by Gasteiger charge is 2.09. The molecule has 1 aromatic rings. The number of hydrogen-bond donors (Lipinski definition) is 1. The Kier molecular flexibility index (Phi) is 8.52. The van der Waals surface area contributed by atoms with E-state index in [4.69, 9.17) is 4.74 Å². The molecule has 1 N–H and O–H groups in total. The summed E-state index contributed by atoms with van der Waals surface area (Å²) in [6.07, 6.45) is 4.90. The molecule has 2 nitrogen and oxygen atoms in total. The molecule has 0 fully saturated rings. The fraction of sp³-hybridized carbons (Fsp3) is 0.647. The van der Waals surface area contributed by atoms with E-state index < -0.39 is 0 Å². The second-order valence-electron chi connectivity index (χ2n) is 5.36. The van der Waals surface area contributed by atoms with E-state index in [1.807, 2.05) is 0 Å². The van der Waals surface area contributed by atoms with Crippen LogP contribution in [0.4, 0.5) is 0 Å².